The van der Waals surface area contributed by atoms with Gasteiger partial charge in [-0.1, -0.05) is 33.1 Å². The minimum Gasteiger partial charge on any atom is -0.352 e. The van der Waals surface area contributed by atoms with Gasteiger partial charge in [0.15, 0.2) is 0 Å². The van der Waals surface area contributed by atoms with Gasteiger partial charge in [-0.2, -0.15) is 0 Å². The summed E-state index contributed by atoms with van der Waals surface area (Å²) in [4.78, 5) is 12.4. The van der Waals surface area contributed by atoms with Gasteiger partial charge >= 0.3 is 0 Å². The highest BCUT2D eigenvalue weighted by molar-refractivity contribution is 5.82. The summed E-state index contributed by atoms with van der Waals surface area (Å²) in [6, 6.07) is 0.338. The van der Waals surface area contributed by atoms with E-state index in [4.69, 9.17) is 0 Å². The molecule has 1 saturated heterocycles. The Balaban J connectivity index is 1.87. The van der Waals surface area contributed by atoms with E-state index in [1.165, 1.54) is 19.3 Å². The van der Waals surface area contributed by atoms with Gasteiger partial charge in [0.1, 0.15) is 0 Å². The molecule has 1 saturated carbocycles. The lowest BCUT2D eigenvalue weighted by molar-refractivity contribution is -0.132. The van der Waals surface area contributed by atoms with Crippen molar-refractivity contribution in [1.29, 1.82) is 0 Å². The molecular weight excluding hydrogens is 212 g/mol. The molecule has 0 aromatic rings. The van der Waals surface area contributed by atoms with E-state index in [9.17, 15) is 4.79 Å². The molecule has 1 heterocycles. The van der Waals surface area contributed by atoms with Crippen LogP contribution in [0.15, 0.2) is 0 Å². The number of carbonyl (C=O) groups is 1. The maximum atomic E-state index is 12.4. The zero-order chi connectivity index (χ0) is 12.3. The molecule has 2 aliphatic rings. The second-order valence-corrected chi connectivity index (χ2v) is 6.29. The largest absolute Gasteiger partial charge is 0.352 e. The molecule has 2 rings (SSSR count). The Labute approximate surface area is 105 Å². The van der Waals surface area contributed by atoms with Gasteiger partial charge in [-0.25, -0.2) is 0 Å². The molecule has 2 N–H and O–H groups in total. The number of hydrogen-bond acceptors (Lipinski definition) is 2. The van der Waals surface area contributed by atoms with Crippen LogP contribution in [0.2, 0.25) is 0 Å². The van der Waals surface area contributed by atoms with E-state index < -0.39 is 0 Å². The SMILES string of the molecule is CC1CNCC(NC(=O)C2(C)CCCCC2)C1. The summed E-state index contributed by atoms with van der Waals surface area (Å²) >= 11 is 0. The Hall–Kier alpha value is -0.570. The summed E-state index contributed by atoms with van der Waals surface area (Å²) in [6.45, 7) is 6.41. The van der Waals surface area contributed by atoms with Crippen LogP contribution < -0.4 is 10.6 Å². The molecule has 0 bridgehead atoms. The molecule has 1 aliphatic heterocycles. The van der Waals surface area contributed by atoms with E-state index in [1.54, 1.807) is 0 Å². The molecular formula is C14H26N2O. The molecule has 3 nitrogen and oxygen atoms in total. The fourth-order valence-corrected chi connectivity index (χ4v) is 3.19. The molecule has 98 valence electrons. The highest BCUT2D eigenvalue weighted by atomic mass is 16.2. The van der Waals surface area contributed by atoms with Crippen molar-refractivity contribution in [3.05, 3.63) is 0 Å². The van der Waals surface area contributed by atoms with Crippen LogP contribution in [-0.4, -0.2) is 25.0 Å². The van der Waals surface area contributed by atoms with Gasteiger partial charge in [0.25, 0.3) is 0 Å². The molecule has 1 amide bonds. The average molecular weight is 238 g/mol. The van der Waals surface area contributed by atoms with E-state index in [1.807, 2.05) is 0 Å². The summed E-state index contributed by atoms with van der Waals surface area (Å²) in [6.07, 6.45) is 6.97. The Morgan fingerprint density at radius 2 is 1.94 bits per heavy atom. The van der Waals surface area contributed by atoms with E-state index in [0.717, 1.165) is 32.4 Å². The smallest absolute Gasteiger partial charge is 0.226 e. The number of amides is 1. The normalized spacial score (nSPS) is 33.1. The molecule has 3 heteroatoms. The second-order valence-electron chi connectivity index (χ2n) is 6.29. The summed E-state index contributed by atoms with van der Waals surface area (Å²) < 4.78 is 0. The minimum absolute atomic E-state index is 0.0983. The standard InChI is InChI=1S/C14H26N2O/c1-11-8-12(10-15-9-11)16-13(17)14(2)6-4-3-5-7-14/h11-12,15H,3-10H2,1-2H3,(H,16,17). The third kappa shape index (κ3) is 3.21. The van der Waals surface area contributed by atoms with Gasteiger partial charge < -0.3 is 10.6 Å². The van der Waals surface area contributed by atoms with Crippen LogP contribution in [0, 0.1) is 11.3 Å². The van der Waals surface area contributed by atoms with Gasteiger partial charge in [-0.05, 0) is 31.7 Å². The lowest BCUT2D eigenvalue weighted by Crippen LogP contribution is -2.52. The molecule has 2 atom stereocenters. The molecule has 2 unspecified atom stereocenters. The number of piperidine rings is 1. The van der Waals surface area contributed by atoms with Gasteiger partial charge in [0.05, 0.1) is 0 Å². The van der Waals surface area contributed by atoms with Gasteiger partial charge in [-0.15, -0.1) is 0 Å². The monoisotopic (exact) mass is 238 g/mol. The Kier molecular flexibility index (Phi) is 4.08. The molecule has 2 fully saturated rings. The van der Waals surface area contributed by atoms with Crippen LogP contribution in [0.25, 0.3) is 0 Å². The average Bonchev–Trinajstić information content (AvgIpc) is 2.30. The van der Waals surface area contributed by atoms with E-state index in [-0.39, 0.29) is 11.3 Å². The van der Waals surface area contributed by atoms with Crippen LogP contribution in [0.1, 0.15) is 52.4 Å². The highest BCUT2D eigenvalue weighted by Gasteiger charge is 2.35. The molecule has 0 spiro atoms. The minimum atomic E-state index is -0.0983. The first-order valence-electron chi connectivity index (χ1n) is 7.12. The van der Waals surface area contributed by atoms with Gasteiger partial charge in [0.2, 0.25) is 5.91 Å². The lowest BCUT2D eigenvalue weighted by Gasteiger charge is -2.35. The summed E-state index contributed by atoms with van der Waals surface area (Å²) in [7, 11) is 0. The first-order chi connectivity index (χ1) is 8.10. The molecule has 1 aliphatic carbocycles. The lowest BCUT2D eigenvalue weighted by atomic mass is 9.75. The highest BCUT2D eigenvalue weighted by Crippen LogP contribution is 2.36. The fourth-order valence-electron chi connectivity index (χ4n) is 3.19. The van der Waals surface area contributed by atoms with E-state index in [0.29, 0.717) is 12.0 Å². The topological polar surface area (TPSA) is 41.1 Å². The number of rotatable bonds is 2. The summed E-state index contributed by atoms with van der Waals surface area (Å²) in [5, 5.41) is 6.65. The maximum absolute atomic E-state index is 12.4. The van der Waals surface area contributed by atoms with Crippen LogP contribution >= 0.6 is 0 Å². The predicted octanol–water partition coefficient (Wildman–Crippen LogP) is 2.07. The predicted molar refractivity (Wildman–Crippen MR) is 69.8 cm³/mol. The van der Waals surface area contributed by atoms with E-state index in [2.05, 4.69) is 24.5 Å². The number of hydrogen-bond donors (Lipinski definition) is 2. The van der Waals surface area contributed by atoms with Crippen molar-refractivity contribution in [1.82, 2.24) is 10.6 Å². The number of carbonyl (C=O) groups excluding carboxylic acids is 1. The molecule has 0 aromatic carbocycles. The Morgan fingerprint density at radius 1 is 1.24 bits per heavy atom. The summed E-state index contributed by atoms with van der Waals surface area (Å²) in [5.41, 5.74) is -0.0983. The zero-order valence-corrected chi connectivity index (χ0v) is 11.2. The van der Waals surface area contributed by atoms with Gasteiger partial charge in [0, 0.05) is 18.0 Å². The Morgan fingerprint density at radius 3 is 2.59 bits per heavy atom. The van der Waals surface area contributed by atoms with Crippen molar-refractivity contribution < 1.29 is 4.79 Å². The van der Waals surface area contributed by atoms with Crippen LogP contribution in [0.5, 0.6) is 0 Å². The summed E-state index contributed by atoms with van der Waals surface area (Å²) in [5.74, 6) is 0.964. The van der Waals surface area contributed by atoms with Crippen LogP contribution in [0.3, 0.4) is 0 Å². The first kappa shape index (κ1) is 12.9. The van der Waals surface area contributed by atoms with Crippen LogP contribution in [-0.2, 0) is 4.79 Å². The van der Waals surface area contributed by atoms with Crippen molar-refractivity contribution in [2.75, 3.05) is 13.1 Å². The van der Waals surface area contributed by atoms with Crippen molar-refractivity contribution in [3.8, 4) is 0 Å². The van der Waals surface area contributed by atoms with Crippen molar-refractivity contribution in [2.24, 2.45) is 11.3 Å². The van der Waals surface area contributed by atoms with E-state index >= 15 is 0 Å². The van der Waals surface area contributed by atoms with Crippen molar-refractivity contribution in [3.63, 3.8) is 0 Å². The fraction of sp³-hybridized carbons (Fsp3) is 0.929. The van der Waals surface area contributed by atoms with Crippen molar-refractivity contribution >= 4 is 5.91 Å². The third-order valence-electron chi connectivity index (χ3n) is 4.41. The molecule has 0 aromatic heterocycles. The zero-order valence-electron chi connectivity index (χ0n) is 11.2. The van der Waals surface area contributed by atoms with Crippen LogP contribution in [0.4, 0.5) is 0 Å². The second kappa shape index (κ2) is 5.38. The molecule has 0 radical (unpaired) electrons. The van der Waals surface area contributed by atoms with Gasteiger partial charge in [-0.3, -0.25) is 4.79 Å². The van der Waals surface area contributed by atoms with Crippen molar-refractivity contribution in [2.45, 2.75) is 58.4 Å². The maximum Gasteiger partial charge on any atom is 0.226 e. The molecule has 17 heavy (non-hydrogen) atoms. The number of nitrogens with one attached hydrogen (secondary N) is 2. The Bertz CT molecular complexity index is 271. The quantitative estimate of drug-likeness (QED) is 0.773. The third-order valence-corrected chi connectivity index (χ3v) is 4.41. The first-order valence-corrected chi connectivity index (χ1v) is 7.12.